The second-order valence-electron chi connectivity index (χ2n) is 7.32. The Morgan fingerprint density at radius 1 is 0.933 bits per heavy atom. The van der Waals surface area contributed by atoms with E-state index >= 15 is 0 Å². The van der Waals surface area contributed by atoms with Crippen LogP contribution in [0.1, 0.15) is 5.56 Å². The van der Waals surface area contributed by atoms with Crippen LogP contribution in [0, 0.1) is 0 Å². The minimum Gasteiger partial charge on any atom is -0.497 e. The smallest absolute Gasteiger partial charge is 0.118 e. The Morgan fingerprint density at radius 3 is 2.47 bits per heavy atom. The van der Waals surface area contributed by atoms with E-state index < -0.39 is 0 Å². The molecule has 0 bridgehead atoms. The van der Waals surface area contributed by atoms with Gasteiger partial charge in [0.25, 0.3) is 0 Å². The summed E-state index contributed by atoms with van der Waals surface area (Å²) in [5.41, 5.74) is 7.74. The van der Waals surface area contributed by atoms with Crippen molar-refractivity contribution in [2.45, 2.75) is 6.42 Å². The number of aromatic amines is 1. The number of pyridine rings is 1. The average Bonchev–Trinajstić information content (AvgIpc) is 3.19. The summed E-state index contributed by atoms with van der Waals surface area (Å²) in [6.45, 7) is 3.92. The molecule has 0 saturated carbocycles. The minimum atomic E-state index is 0.825. The van der Waals surface area contributed by atoms with E-state index in [1.54, 1.807) is 7.11 Å². The first-order chi connectivity index (χ1) is 14.8. The van der Waals surface area contributed by atoms with Crippen molar-refractivity contribution >= 4 is 21.8 Å². The van der Waals surface area contributed by atoms with Gasteiger partial charge in [-0.25, -0.2) is 0 Å². The van der Waals surface area contributed by atoms with Crippen molar-refractivity contribution in [1.29, 1.82) is 0 Å². The Hall–Kier alpha value is -3.85. The van der Waals surface area contributed by atoms with Gasteiger partial charge in [-0.3, -0.25) is 4.98 Å². The standard InChI is InChI=1S/C27H22N2O/c1-3-8-18-11-7-12-23-24(18)22-17-28-26(20-13-15-21(30-2)16-14-20)25(27(22)29-23)19-9-5-4-6-10-19/h3-7,9-17,29H,1,8H2,2H3. The summed E-state index contributed by atoms with van der Waals surface area (Å²) in [6, 6.07) is 24.9. The van der Waals surface area contributed by atoms with Gasteiger partial charge < -0.3 is 9.72 Å². The Balaban J connectivity index is 1.86. The highest BCUT2D eigenvalue weighted by molar-refractivity contribution is 6.14. The van der Waals surface area contributed by atoms with Gasteiger partial charge in [0.05, 0.1) is 18.3 Å². The zero-order valence-corrected chi connectivity index (χ0v) is 16.9. The van der Waals surface area contributed by atoms with Crippen LogP contribution >= 0.6 is 0 Å². The number of aromatic nitrogens is 2. The van der Waals surface area contributed by atoms with Crippen LogP contribution in [0.2, 0.25) is 0 Å². The number of hydrogen-bond donors (Lipinski definition) is 1. The fraction of sp³-hybridized carbons (Fsp3) is 0.0741. The molecule has 146 valence electrons. The summed E-state index contributed by atoms with van der Waals surface area (Å²) in [5, 5.41) is 2.36. The molecule has 0 aliphatic carbocycles. The molecule has 5 rings (SSSR count). The van der Waals surface area contributed by atoms with Gasteiger partial charge >= 0.3 is 0 Å². The molecule has 0 aliphatic heterocycles. The summed E-state index contributed by atoms with van der Waals surface area (Å²) in [4.78, 5) is 8.62. The molecule has 3 heteroatoms. The molecule has 0 atom stereocenters. The number of nitrogens with zero attached hydrogens (tertiary/aromatic N) is 1. The van der Waals surface area contributed by atoms with E-state index in [0.717, 1.165) is 51.0 Å². The molecule has 0 fully saturated rings. The number of ether oxygens (including phenoxy) is 1. The molecule has 5 aromatic rings. The summed E-state index contributed by atoms with van der Waals surface area (Å²) in [6.07, 6.45) is 4.77. The lowest BCUT2D eigenvalue weighted by Gasteiger charge is -2.12. The highest BCUT2D eigenvalue weighted by Gasteiger charge is 2.18. The van der Waals surface area contributed by atoms with Gasteiger partial charge in [-0.15, -0.1) is 6.58 Å². The summed E-state index contributed by atoms with van der Waals surface area (Å²) in [5.74, 6) is 0.834. The van der Waals surface area contributed by atoms with Gasteiger partial charge in [-0.2, -0.15) is 0 Å². The van der Waals surface area contributed by atoms with Crippen molar-refractivity contribution in [3.63, 3.8) is 0 Å². The molecule has 0 aliphatic rings. The Labute approximate surface area is 175 Å². The SMILES string of the molecule is C=CCc1cccc2[nH]c3c(-c4ccccc4)c(-c4ccc(OC)cc4)ncc3c12. The van der Waals surface area contributed by atoms with Crippen LogP contribution < -0.4 is 4.74 Å². The van der Waals surface area contributed by atoms with Crippen molar-refractivity contribution in [3.8, 4) is 28.1 Å². The van der Waals surface area contributed by atoms with Crippen LogP contribution in [-0.4, -0.2) is 17.1 Å². The predicted molar refractivity (Wildman–Crippen MR) is 125 cm³/mol. The molecule has 3 nitrogen and oxygen atoms in total. The third-order valence-corrected chi connectivity index (χ3v) is 5.55. The van der Waals surface area contributed by atoms with Crippen LogP contribution in [0.4, 0.5) is 0 Å². The second kappa shape index (κ2) is 7.53. The molecule has 0 unspecified atom stereocenters. The largest absolute Gasteiger partial charge is 0.497 e. The number of methoxy groups -OCH3 is 1. The predicted octanol–water partition coefficient (Wildman–Crippen LogP) is 6.79. The summed E-state index contributed by atoms with van der Waals surface area (Å²) >= 11 is 0. The van der Waals surface area contributed by atoms with Gasteiger partial charge in [0.2, 0.25) is 0 Å². The van der Waals surface area contributed by atoms with Crippen molar-refractivity contribution in [2.75, 3.05) is 7.11 Å². The number of fused-ring (bicyclic) bond motifs is 3. The minimum absolute atomic E-state index is 0.825. The highest BCUT2D eigenvalue weighted by atomic mass is 16.5. The van der Waals surface area contributed by atoms with Gasteiger partial charge in [0.15, 0.2) is 0 Å². The Kier molecular flexibility index (Phi) is 4.56. The van der Waals surface area contributed by atoms with Gasteiger partial charge in [0, 0.05) is 33.6 Å². The molecule has 1 N–H and O–H groups in total. The second-order valence-corrected chi connectivity index (χ2v) is 7.32. The Bertz CT molecular complexity index is 1350. The van der Waals surface area contributed by atoms with Crippen molar-refractivity contribution in [2.24, 2.45) is 0 Å². The monoisotopic (exact) mass is 390 g/mol. The maximum Gasteiger partial charge on any atom is 0.118 e. The number of rotatable bonds is 5. The number of nitrogens with one attached hydrogen (secondary N) is 1. The first-order valence-corrected chi connectivity index (χ1v) is 10.0. The van der Waals surface area contributed by atoms with Crippen LogP contribution in [-0.2, 0) is 6.42 Å². The highest BCUT2D eigenvalue weighted by Crippen LogP contribution is 2.40. The van der Waals surface area contributed by atoms with Gasteiger partial charge in [-0.05, 0) is 47.9 Å². The third-order valence-electron chi connectivity index (χ3n) is 5.55. The van der Waals surface area contributed by atoms with Crippen molar-refractivity contribution in [1.82, 2.24) is 9.97 Å². The van der Waals surface area contributed by atoms with Crippen LogP contribution in [0.25, 0.3) is 44.2 Å². The zero-order chi connectivity index (χ0) is 20.5. The van der Waals surface area contributed by atoms with Gasteiger partial charge in [-0.1, -0.05) is 48.5 Å². The molecular weight excluding hydrogens is 368 g/mol. The molecule has 0 radical (unpaired) electrons. The van der Waals surface area contributed by atoms with Crippen LogP contribution in [0.3, 0.4) is 0 Å². The average molecular weight is 390 g/mol. The molecule has 0 saturated heterocycles. The van der Waals surface area contributed by atoms with Crippen molar-refractivity contribution < 1.29 is 4.74 Å². The van der Waals surface area contributed by atoms with E-state index in [0.29, 0.717) is 0 Å². The van der Waals surface area contributed by atoms with Crippen LogP contribution in [0.15, 0.2) is 91.6 Å². The van der Waals surface area contributed by atoms with E-state index in [1.165, 1.54) is 10.9 Å². The van der Waals surface area contributed by atoms with Crippen molar-refractivity contribution in [3.05, 3.63) is 97.2 Å². The number of allylic oxidation sites excluding steroid dienone is 1. The number of hydrogen-bond acceptors (Lipinski definition) is 2. The first-order valence-electron chi connectivity index (χ1n) is 10.0. The maximum absolute atomic E-state index is 5.33. The molecule has 2 heterocycles. The lowest BCUT2D eigenvalue weighted by atomic mass is 9.96. The number of benzene rings is 3. The lowest BCUT2D eigenvalue weighted by Crippen LogP contribution is -1.92. The molecule has 30 heavy (non-hydrogen) atoms. The van der Waals surface area contributed by atoms with E-state index in [1.807, 2.05) is 30.5 Å². The van der Waals surface area contributed by atoms with E-state index in [9.17, 15) is 0 Å². The van der Waals surface area contributed by atoms with E-state index in [-0.39, 0.29) is 0 Å². The van der Waals surface area contributed by atoms with E-state index in [4.69, 9.17) is 9.72 Å². The first kappa shape index (κ1) is 18.2. The summed E-state index contributed by atoms with van der Waals surface area (Å²) in [7, 11) is 1.68. The van der Waals surface area contributed by atoms with Crippen LogP contribution in [0.5, 0.6) is 5.75 Å². The molecule has 0 amide bonds. The topological polar surface area (TPSA) is 37.9 Å². The Morgan fingerprint density at radius 2 is 1.73 bits per heavy atom. The molecule has 0 spiro atoms. The van der Waals surface area contributed by atoms with E-state index in [2.05, 4.69) is 66.2 Å². The normalized spacial score (nSPS) is 11.1. The maximum atomic E-state index is 5.33. The lowest BCUT2D eigenvalue weighted by molar-refractivity contribution is 0.415. The fourth-order valence-corrected chi connectivity index (χ4v) is 4.17. The zero-order valence-electron chi connectivity index (χ0n) is 16.9. The molecule has 3 aromatic carbocycles. The third kappa shape index (κ3) is 2.96. The van der Waals surface area contributed by atoms with Gasteiger partial charge in [0.1, 0.15) is 5.75 Å². The quantitative estimate of drug-likeness (QED) is 0.336. The molecule has 2 aromatic heterocycles. The molecular formula is C27H22N2O. The number of H-pyrrole nitrogens is 1. The fourth-order valence-electron chi connectivity index (χ4n) is 4.17. The summed E-state index contributed by atoms with van der Waals surface area (Å²) < 4.78 is 5.33.